The lowest BCUT2D eigenvalue weighted by Crippen LogP contribution is -2.46. The quantitative estimate of drug-likeness (QED) is 0.900. The van der Waals surface area contributed by atoms with E-state index in [0.29, 0.717) is 6.54 Å². The van der Waals surface area contributed by atoms with Crippen molar-refractivity contribution in [3.63, 3.8) is 0 Å². The highest BCUT2D eigenvalue weighted by Crippen LogP contribution is 2.29. The van der Waals surface area contributed by atoms with Gasteiger partial charge in [0.05, 0.1) is 11.7 Å². The Hall–Kier alpha value is -1.27. The van der Waals surface area contributed by atoms with Gasteiger partial charge in [0.15, 0.2) is 0 Å². The summed E-state index contributed by atoms with van der Waals surface area (Å²) in [5.74, 6) is -0.223. The molecule has 0 saturated carbocycles. The van der Waals surface area contributed by atoms with E-state index in [4.69, 9.17) is 4.74 Å². The number of ether oxygens (including phenoxy) is 2. The van der Waals surface area contributed by atoms with Gasteiger partial charge in [-0.3, -0.25) is 0 Å². The molecule has 1 aliphatic rings. The second-order valence-electron chi connectivity index (χ2n) is 5.11. The molecule has 106 valence electrons. The number of benzene rings is 1. The first-order valence-corrected chi connectivity index (χ1v) is 5.99. The molecule has 1 aromatic rings. The van der Waals surface area contributed by atoms with Crippen molar-refractivity contribution in [1.82, 2.24) is 5.32 Å². The maximum absolute atomic E-state index is 12.0. The van der Waals surface area contributed by atoms with Crippen LogP contribution in [0.1, 0.15) is 25.5 Å². The van der Waals surface area contributed by atoms with Gasteiger partial charge in [-0.15, -0.1) is 13.2 Å². The summed E-state index contributed by atoms with van der Waals surface area (Å²) in [6.45, 7) is 5.32. The molecule has 3 nitrogen and oxygen atoms in total. The van der Waals surface area contributed by atoms with Gasteiger partial charge in [0.2, 0.25) is 0 Å². The van der Waals surface area contributed by atoms with E-state index in [2.05, 4.69) is 10.1 Å². The topological polar surface area (TPSA) is 30.5 Å². The molecule has 1 fully saturated rings. The number of hydrogen-bond acceptors (Lipinski definition) is 3. The first kappa shape index (κ1) is 14.1. The van der Waals surface area contributed by atoms with Crippen molar-refractivity contribution in [3.05, 3.63) is 29.8 Å². The molecular weight excluding hydrogens is 259 g/mol. The average Bonchev–Trinajstić information content (AvgIpc) is 2.26. The summed E-state index contributed by atoms with van der Waals surface area (Å²) in [5.41, 5.74) is 0.541. The van der Waals surface area contributed by atoms with Crippen LogP contribution in [-0.2, 0) is 4.74 Å². The Labute approximate surface area is 109 Å². The first-order chi connectivity index (χ1) is 8.75. The molecule has 6 heteroatoms. The summed E-state index contributed by atoms with van der Waals surface area (Å²) < 4.78 is 45.8. The Bertz CT molecular complexity index is 429. The smallest absolute Gasteiger partial charge is 0.406 e. The SMILES string of the molecule is CC1(C)CNCC(c2ccc(OC(F)(F)F)cc2)O1. The Morgan fingerprint density at radius 2 is 1.89 bits per heavy atom. The summed E-state index contributed by atoms with van der Waals surface area (Å²) in [4.78, 5) is 0. The maximum atomic E-state index is 12.0. The minimum absolute atomic E-state index is 0.163. The predicted molar refractivity (Wildman–Crippen MR) is 63.9 cm³/mol. The fraction of sp³-hybridized carbons (Fsp3) is 0.538. The van der Waals surface area contributed by atoms with Crippen LogP contribution in [-0.4, -0.2) is 25.1 Å². The van der Waals surface area contributed by atoms with E-state index in [0.717, 1.165) is 12.1 Å². The highest BCUT2D eigenvalue weighted by Gasteiger charge is 2.32. The van der Waals surface area contributed by atoms with Crippen molar-refractivity contribution in [2.75, 3.05) is 13.1 Å². The summed E-state index contributed by atoms with van der Waals surface area (Å²) in [6, 6.07) is 5.78. The molecule has 1 heterocycles. The van der Waals surface area contributed by atoms with E-state index in [1.807, 2.05) is 13.8 Å². The summed E-state index contributed by atoms with van der Waals surface area (Å²) >= 11 is 0. The number of hydrogen-bond donors (Lipinski definition) is 1. The molecule has 0 bridgehead atoms. The van der Waals surface area contributed by atoms with Crippen LogP contribution in [0.4, 0.5) is 13.2 Å². The Balaban J connectivity index is 2.06. The predicted octanol–water partition coefficient (Wildman–Crippen LogP) is 3.02. The zero-order valence-electron chi connectivity index (χ0n) is 10.8. The third kappa shape index (κ3) is 4.11. The van der Waals surface area contributed by atoms with Gasteiger partial charge in [0, 0.05) is 13.1 Å². The van der Waals surface area contributed by atoms with Gasteiger partial charge < -0.3 is 14.8 Å². The van der Waals surface area contributed by atoms with E-state index in [9.17, 15) is 13.2 Å². The molecule has 0 aromatic heterocycles. The second-order valence-corrected chi connectivity index (χ2v) is 5.11. The standard InChI is InChI=1S/C13H16F3NO2/c1-12(2)8-17-7-11(19-12)9-3-5-10(6-4-9)18-13(14,15)16/h3-6,11,17H,7-8H2,1-2H3. The summed E-state index contributed by atoms with van der Waals surface area (Å²) in [6.07, 6.45) is -4.82. The lowest BCUT2D eigenvalue weighted by Gasteiger charge is -2.36. The van der Waals surface area contributed by atoms with Gasteiger partial charge in [-0.25, -0.2) is 0 Å². The Kier molecular flexibility index (Phi) is 3.73. The Morgan fingerprint density at radius 3 is 2.42 bits per heavy atom. The van der Waals surface area contributed by atoms with Crippen LogP contribution in [0.3, 0.4) is 0 Å². The highest BCUT2D eigenvalue weighted by atomic mass is 19.4. The minimum atomic E-state index is -4.66. The molecule has 0 amide bonds. The molecule has 0 aliphatic carbocycles. The minimum Gasteiger partial charge on any atom is -0.406 e. The van der Waals surface area contributed by atoms with E-state index >= 15 is 0 Å². The summed E-state index contributed by atoms with van der Waals surface area (Å²) in [5, 5.41) is 3.24. The van der Waals surface area contributed by atoms with Crippen molar-refractivity contribution >= 4 is 0 Å². The third-order valence-electron chi connectivity index (χ3n) is 2.83. The number of rotatable bonds is 2. The molecule has 1 saturated heterocycles. The van der Waals surface area contributed by atoms with Crippen LogP contribution in [0.15, 0.2) is 24.3 Å². The number of morpholine rings is 1. The van der Waals surface area contributed by atoms with E-state index in [1.165, 1.54) is 12.1 Å². The normalized spacial score (nSPS) is 23.1. The molecule has 1 aromatic carbocycles. The van der Waals surface area contributed by atoms with Crippen molar-refractivity contribution in [2.45, 2.75) is 31.9 Å². The second kappa shape index (κ2) is 5.02. The highest BCUT2D eigenvalue weighted by molar-refractivity contribution is 5.29. The molecule has 0 radical (unpaired) electrons. The van der Waals surface area contributed by atoms with Crippen molar-refractivity contribution in [3.8, 4) is 5.75 Å². The van der Waals surface area contributed by atoms with Gasteiger partial charge in [-0.05, 0) is 31.5 Å². The Morgan fingerprint density at radius 1 is 1.26 bits per heavy atom. The third-order valence-corrected chi connectivity index (χ3v) is 2.83. The molecule has 1 N–H and O–H groups in total. The number of halogens is 3. The summed E-state index contributed by atoms with van der Waals surface area (Å²) in [7, 11) is 0. The van der Waals surface area contributed by atoms with Crippen LogP contribution in [0, 0.1) is 0 Å². The zero-order chi connectivity index (χ0) is 14.1. The molecule has 0 spiro atoms. The molecular formula is C13H16F3NO2. The van der Waals surface area contributed by atoms with Crippen molar-refractivity contribution in [2.24, 2.45) is 0 Å². The molecule has 1 unspecified atom stereocenters. The maximum Gasteiger partial charge on any atom is 0.573 e. The number of alkyl halides is 3. The monoisotopic (exact) mass is 275 g/mol. The lowest BCUT2D eigenvalue weighted by molar-refractivity contribution is -0.274. The molecule has 1 atom stereocenters. The lowest BCUT2D eigenvalue weighted by atomic mass is 10.0. The van der Waals surface area contributed by atoms with Crippen molar-refractivity contribution < 1.29 is 22.6 Å². The largest absolute Gasteiger partial charge is 0.573 e. The number of nitrogens with one attached hydrogen (secondary N) is 1. The molecule has 19 heavy (non-hydrogen) atoms. The van der Waals surface area contributed by atoms with Gasteiger partial charge in [0.25, 0.3) is 0 Å². The van der Waals surface area contributed by atoms with Crippen LogP contribution in [0.2, 0.25) is 0 Å². The van der Waals surface area contributed by atoms with Crippen LogP contribution >= 0.6 is 0 Å². The van der Waals surface area contributed by atoms with Gasteiger partial charge in [-0.2, -0.15) is 0 Å². The van der Waals surface area contributed by atoms with Gasteiger partial charge in [-0.1, -0.05) is 12.1 Å². The van der Waals surface area contributed by atoms with E-state index in [1.54, 1.807) is 12.1 Å². The zero-order valence-corrected chi connectivity index (χ0v) is 10.8. The van der Waals surface area contributed by atoms with Crippen LogP contribution in [0.25, 0.3) is 0 Å². The average molecular weight is 275 g/mol. The van der Waals surface area contributed by atoms with Crippen LogP contribution in [0.5, 0.6) is 5.75 Å². The van der Waals surface area contributed by atoms with Gasteiger partial charge >= 0.3 is 6.36 Å². The van der Waals surface area contributed by atoms with E-state index in [-0.39, 0.29) is 17.5 Å². The fourth-order valence-corrected chi connectivity index (χ4v) is 2.04. The van der Waals surface area contributed by atoms with E-state index < -0.39 is 6.36 Å². The molecule has 1 aliphatic heterocycles. The fourth-order valence-electron chi connectivity index (χ4n) is 2.04. The molecule has 2 rings (SSSR count). The van der Waals surface area contributed by atoms with Gasteiger partial charge in [0.1, 0.15) is 5.75 Å². The van der Waals surface area contributed by atoms with Crippen molar-refractivity contribution in [1.29, 1.82) is 0 Å². The first-order valence-electron chi connectivity index (χ1n) is 5.99. The van der Waals surface area contributed by atoms with Crippen LogP contribution < -0.4 is 10.1 Å².